The van der Waals surface area contributed by atoms with Crippen LogP contribution in [0.25, 0.3) is 0 Å². The van der Waals surface area contributed by atoms with Crippen LogP contribution in [-0.4, -0.2) is 41.1 Å². The van der Waals surface area contributed by atoms with Crippen LogP contribution in [0.2, 0.25) is 5.02 Å². The Balaban J connectivity index is 1.80. The summed E-state index contributed by atoms with van der Waals surface area (Å²) in [5.41, 5.74) is 6.15. The Morgan fingerprint density at radius 1 is 1.57 bits per heavy atom. The fraction of sp³-hybridized carbons (Fsp3) is 0.533. The van der Waals surface area contributed by atoms with Crippen molar-refractivity contribution in [2.75, 3.05) is 30.7 Å². The van der Waals surface area contributed by atoms with Crippen molar-refractivity contribution in [3.8, 4) is 0 Å². The van der Waals surface area contributed by atoms with E-state index in [2.05, 4.69) is 10.2 Å². The van der Waals surface area contributed by atoms with Gasteiger partial charge >= 0.3 is 0 Å². The van der Waals surface area contributed by atoms with Crippen LogP contribution in [0.3, 0.4) is 0 Å². The van der Waals surface area contributed by atoms with Gasteiger partial charge in [0.15, 0.2) is 0 Å². The van der Waals surface area contributed by atoms with Gasteiger partial charge in [0.05, 0.1) is 16.3 Å². The predicted octanol–water partition coefficient (Wildman–Crippen LogP) is 2.10. The van der Waals surface area contributed by atoms with Gasteiger partial charge in [-0.05, 0) is 44.5 Å². The van der Waals surface area contributed by atoms with Crippen molar-refractivity contribution in [1.29, 1.82) is 0 Å². The molecule has 5 nitrogen and oxygen atoms in total. The largest absolute Gasteiger partial charge is 0.397 e. The number of carbonyl (C=O) groups excluding carboxylic acids is 1. The average Bonchev–Trinajstić information content (AvgIpc) is 2.40. The van der Waals surface area contributed by atoms with Crippen LogP contribution in [0.4, 0.5) is 11.4 Å². The van der Waals surface area contributed by atoms with Crippen molar-refractivity contribution in [1.82, 2.24) is 4.90 Å². The first-order valence-corrected chi connectivity index (χ1v) is 7.53. The third-order valence-corrected chi connectivity index (χ3v) is 4.03. The van der Waals surface area contributed by atoms with E-state index in [1.165, 1.54) is 0 Å². The molecular formula is C15H22ClN3O2. The predicted molar refractivity (Wildman–Crippen MR) is 85.4 cm³/mol. The lowest BCUT2D eigenvalue weighted by Crippen LogP contribution is -2.46. The highest BCUT2D eigenvalue weighted by Crippen LogP contribution is 2.23. The summed E-state index contributed by atoms with van der Waals surface area (Å²) in [7, 11) is 0. The molecule has 1 aliphatic heterocycles. The highest BCUT2D eigenvalue weighted by molar-refractivity contribution is 6.33. The number of piperidine rings is 1. The number of benzene rings is 1. The minimum Gasteiger partial charge on any atom is -0.397 e. The summed E-state index contributed by atoms with van der Waals surface area (Å²) in [6, 6.07) is 5.03. The number of carbonyl (C=O) groups is 1. The molecule has 0 aliphatic carbocycles. The second-order valence-electron chi connectivity index (χ2n) is 5.91. The Labute approximate surface area is 130 Å². The number of nitrogens with one attached hydrogen (secondary N) is 1. The second-order valence-corrected chi connectivity index (χ2v) is 6.32. The van der Waals surface area contributed by atoms with Crippen molar-refractivity contribution in [3.05, 3.63) is 23.2 Å². The zero-order valence-corrected chi connectivity index (χ0v) is 13.0. The molecule has 1 heterocycles. The second kappa shape index (κ2) is 6.64. The molecule has 1 aromatic carbocycles. The quantitative estimate of drug-likeness (QED) is 0.744. The number of halogens is 1. The monoisotopic (exact) mass is 311 g/mol. The van der Waals surface area contributed by atoms with E-state index in [1.54, 1.807) is 18.2 Å². The van der Waals surface area contributed by atoms with Gasteiger partial charge in [-0.2, -0.15) is 0 Å². The SMILES string of the molecule is CC1(O)CCCN(CCC(=O)Nc2ccc(Cl)c(N)c2)C1. The van der Waals surface area contributed by atoms with E-state index in [-0.39, 0.29) is 5.91 Å². The van der Waals surface area contributed by atoms with Gasteiger partial charge in [-0.3, -0.25) is 9.69 Å². The Morgan fingerprint density at radius 3 is 3.00 bits per heavy atom. The number of β-amino-alcohol motifs (C(OH)–C–C–N with tert-alkyl or cyclic N) is 1. The smallest absolute Gasteiger partial charge is 0.225 e. The van der Waals surface area contributed by atoms with Gasteiger partial charge in [-0.15, -0.1) is 0 Å². The van der Waals surface area contributed by atoms with Crippen LogP contribution in [0, 0.1) is 0 Å². The van der Waals surface area contributed by atoms with E-state index in [0.717, 1.165) is 19.4 Å². The molecule has 1 aliphatic rings. The zero-order chi connectivity index (χ0) is 15.5. The van der Waals surface area contributed by atoms with Crippen LogP contribution in [0.5, 0.6) is 0 Å². The molecule has 116 valence electrons. The van der Waals surface area contributed by atoms with Crippen molar-refractivity contribution in [2.45, 2.75) is 31.8 Å². The van der Waals surface area contributed by atoms with Crippen molar-refractivity contribution >= 4 is 28.9 Å². The number of anilines is 2. The Kier molecular flexibility index (Phi) is 5.08. The van der Waals surface area contributed by atoms with Crippen LogP contribution in [-0.2, 0) is 4.79 Å². The van der Waals surface area contributed by atoms with Crippen molar-refractivity contribution < 1.29 is 9.90 Å². The molecule has 1 atom stereocenters. The highest BCUT2D eigenvalue weighted by Gasteiger charge is 2.28. The van der Waals surface area contributed by atoms with E-state index in [1.807, 2.05) is 6.92 Å². The number of hydrogen-bond donors (Lipinski definition) is 3. The Bertz CT molecular complexity index is 520. The van der Waals surface area contributed by atoms with E-state index >= 15 is 0 Å². The van der Waals surface area contributed by atoms with E-state index < -0.39 is 5.60 Å². The van der Waals surface area contributed by atoms with Gasteiger partial charge in [-0.1, -0.05) is 11.6 Å². The Morgan fingerprint density at radius 2 is 2.33 bits per heavy atom. The average molecular weight is 312 g/mol. The summed E-state index contributed by atoms with van der Waals surface area (Å²) >= 11 is 5.84. The molecule has 0 radical (unpaired) electrons. The summed E-state index contributed by atoms with van der Waals surface area (Å²) in [4.78, 5) is 14.1. The van der Waals surface area contributed by atoms with Crippen molar-refractivity contribution in [2.24, 2.45) is 0 Å². The van der Waals surface area contributed by atoms with Crippen LogP contribution >= 0.6 is 11.6 Å². The summed E-state index contributed by atoms with van der Waals surface area (Å²) in [5.74, 6) is -0.0676. The highest BCUT2D eigenvalue weighted by atomic mass is 35.5. The van der Waals surface area contributed by atoms with E-state index in [4.69, 9.17) is 17.3 Å². The third-order valence-electron chi connectivity index (χ3n) is 3.69. The zero-order valence-electron chi connectivity index (χ0n) is 12.2. The molecule has 1 amide bonds. The fourth-order valence-corrected chi connectivity index (χ4v) is 2.74. The van der Waals surface area contributed by atoms with Gasteiger partial charge in [0, 0.05) is 25.2 Å². The Hall–Kier alpha value is -1.30. The number of amides is 1. The van der Waals surface area contributed by atoms with Gasteiger partial charge in [0.25, 0.3) is 0 Å². The molecule has 6 heteroatoms. The number of nitrogens with two attached hydrogens (primary N) is 1. The van der Waals surface area contributed by atoms with Crippen LogP contribution < -0.4 is 11.1 Å². The number of nitrogen functional groups attached to an aromatic ring is 1. The maximum Gasteiger partial charge on any atom is 0.225 e. The molecule has 1 fully saturated rings. The minimum atomic E-state index is -0.640. The molecule has 0 aromatic heterocycles. The van der Waals surface area contributed by atoms with Gasteiger partial charge < -0.3 is 16.2 Å². The van der Waals surface area contributed by atoms with E-state index in [0.29, 0.717) is 35.9 Å². The summed E-state index contributed by atoms with van der Waals surface area (Å²) < 4.78 is 0. The molecule has 1 aromatic rings. The topological polar surface area (TPSA) is 78.6 Å². The number of rotatable bonds is 4. The molecule has 0 spiro atoms. The lowest BCUT2D eigenvalue weighted by atomic mass is 9.95. The molecule has 21 heavy (non-hydrogen) atoms. The molecular weight excluding hydrogens is 290 g/mol. The number of likely N-dealkylation sites (tertiary alicyclic amines) is 1. The van der Waals surface area contributed by atoms with Crippen molar-refractivity contribution in [3.63, 3.8) is 0 Å². The van der Waals surface area contributed by atoms with Gasteiger partial charge in [0.2, 0.25) is 5.91 Å². The molecule has 0 saturated carbocycles. The molecule has 0 bridgehead atoms. The lowest BCUT2D eigenvalue weighted by Gasteiger charge is -2.36. The first-order chi connectivity index (χ1) is 9.85. The van der Waals surface area contributed by atoms with Crippen LogP contribution in [0.1, 0.15) is 26.2 Å². The minimum absolute atomic E-state index is 0.0676. The number of hydrogen-bond acceptors (Lipinski definition) is 4. The van der Waals surface area contributed by atoms with Crippen LogP contribution in [0.15, 0.2) is 18.2 Å². The molecule has 1 saturated heterocycles. The summed E-state index contributed by atoms with van der Waals surface area (Å²) in [5, 5.41) is 13.3. The summed E-state index contributed by atoms with van der Waals surface area (Å²) in [6.45, 7) is 4.03. The normalized spacial score (nSPS) is 23.0. The first-order valence-electron chi connectivity index (χ1n) is 7.15. The third kappa shape index (κ3) is 4.88. The maximum atomic E-state index is 11.9. The van der Waals surface area contributed by atoms with Gasteiger partial charge in [0.1, 0.15) is 0 Å². The standard InChI is InChI=1S/C15H22ClN3O2/c1-15(21)6-2-7-19(10-15)8-5-14(20)18-11-3-4-12(16)13(17)9-11/h3-4,9,21H,2,5-8,10,17H2,1H3,(H,18,20). The fourth-order valence-electron chi connectivity index (χ4n) is 2.62. The van der Waals surface area contributed by atoms with Gasteiger partial charge in [-0.25, -0.2) is 0 Å². The lowest BCUT2D eigenvalue weighted by molar-refractivity contribution is -0.117. The molecule has 2 rings (SSSR count). The number of aliphatic hydroxyl groups is 1. The first kappa shape index (κ1) is 16.1. The maximum absolute atomic E-state index is 11.9. The molecule has 1 unspecified atom stereocenters. The summed E-state index contributed by atoms with van der Waals surface area (Å²) in [6.07, 6.45) is 2.17. The molecule has 4 N–H and O–H groups in total. The van der Waals surface area contributed by atoms with E-state index in [9.17, 15) is 9.90 Å². The number of nitrogens with zero attached hydrogens (tertiary/aromatic N) is 1.